The van der Waals surface area contributed by atoms with Gasteiger partial charge < -0.3 is 9.47 Å². The molecular weight excluding hydrogens is 387 g/mol. The van der Waals surface area contributed by atoms with Gasteiger partial charge in [0.2, 0.25) is 0 Å². The number of aryl methyl sites for hydroxylation is 1. The Kier molecular flexibility index (Phi) is 8.65. The van der Waals surface area contributed by atoms with Crippen molar-refractivity contribution < 1.29 is 40.2 Å². The maximum atomic E-state index is 11.9. The highest BCUT2D eigenvalue weighted by molar-refractivity contribution is 7.86. The molecule has 0 N–H and O–H groups in total. The van der Waals surface area contributed by atoms with E-state index in [1.165, 1.54) is 12.1 Å². The van der Waals surface area contributed by atoms with Crippen LogP contribution in [0.15, 0.2) is 29.2 Å². The third-order valence-corrected chi connectivity index (χ3v) is 6.03. The normalized spacial score (nSPS) is 16.8. The monoisotopic (exact) mass is 410 g/mol. The zero-order valence-corrected chi connectivity index (χ0v) is 16.2. The molecule has 0 saturated carbocycles. The molecule has 1 aliphatic rings. The molecule has 0 bridgehead atoms. The molecule has 1 saturated heterocycles. The highest BCUT2D eigenvalue weighted by Gasteiger charge is 2.31. The zero-order chi connectivity index (χ0) is 18.9. The van der Waals surface area contributed by atoms with E-state index in [1.54, 1.807) is 12.1 Å². The Morgan fingerprint density at radius 3 is 2.08 bits per heavy atom. The topological polar surface area (TPSA) is 107 Å². The van der Waals surface area contributed by atoms with Crippen molar-refractivity contribution in [1.82, 2.24) is 0 Å². The second kappa shape index (κ2) is 10.5. The molecule has 0 amide bonds. The van der Waals surface area contributed by atoms with Gasteiger partial charge in [-0.2, -0.15) is 8.42 Å². The van der Waals surface area contributed by atoms with Crippen molar-refractivity contribution in [3.63, 3.8) is 0 Å². The highest BCUT2D eigenvalue weighted by atomic mass is 32.2. The molecule has 26 heavy (non-hydrogen) atoms. The smallest absolute Gasteiger partial charge is 0.377 e. The van der Waals surface area contributed by atoms with Gasteiger partial charge in [-0.3, -0.25) is 17.8 Å². The molecule has 1 aromatic carbocycles. The zero-order valence-electron chi connectivity index (χ0n) is 14.5. The summed E-state index contributed by atoms with van der Waals surface area (Å²) in [5.74, 6) is 0. The molecule has 0 radical (unpaired) electrons. The highest BCUT2D eigenvalue weighted by Crippen LogP contribution is 2.52. The lowest BCUT2D eigenvalue weighted by atomic mass is 10.2. The first kappa shape index (κ1) is 21.5. The molecule has 9 nitrogen and oxygen atoms in total. The second-order valence-electron chi connectivity index (χ2n) is 5.26. The SMILES string of the molecule is Cc1ccc(S(=O)(=O)OCCOCCOCCOP2(=O)OCCO2)cc1. The van der Waals surface area contributed by atoms with Crippen molar-refractivity contribution >= 4 is 17.9 Å². The van der Waals surface area contributed by atoms with E-state index < -0.39 is 17.9 Å². The summed E-state index contributed by atoms with van der Waals surface area (Å²) >= 11 is 0. The first-order valence-electron chi connectivity index (χ1n) is 8.07. The Morgan fingerprint density at radius 2 is 1.46 bits per heavy atom. The number of rotatable bonds is 12. The quantitative estimate of drug-likeness (QED) is 0.290. The van der Waals surface area contributed by atoms with Gasteiger partial charge in [0.15, 0.2) is 0 Å². The van der Waals surface area contributed by atoms with E-state index in [1.807, 2.05) is 6.92 Å². The predicted octanol–water partition coefficient (Wildman–Crippen LogP) is 1.91. The molecule has 1 fully saturated rings. The largest absolute Gasteiger partial charge is 0.475 e. The van der Waals surface area contributed by atoms with Crippen LogP contribution < -0.4 is 0 Å². The summed E-state index contributed by atoms with van der Waals surface area (Å²) in [5, 5.41) is 0. The van der Waals surface area contributed by atoms with Gasteiger partial charge >= 0.3 is 7.82 Å². The van der Waals surface area contributed by atoms with Gasteiger partial charge in [-0.25, -0.2) is 4.57 Å². The molecule has 0 unspecified atom stereocenters. The molecule has 0 aromatic heterocycles. The Balaban J connectivity index is 1.47. The lowest BCUT2D eigenvalue weighted by molar-refractivity contribution is 0.0245. The van der Waals surface area contributed by atoms with Crippen LogP contribution in [0.5, 0.6) is 0 Å². The third kappa shape index (κ3) is 7.42. The van der Waals surface area contributed by atoms with E-state index >= 15 is 0 Å². The van der Waals surface area contributed by atoms with E-state index in [0.717, 1.165) is 5.56 Å². The second-order valence-corrected chi connectivity index (χ2v) is 8.55. The van der Waals surface area contributed by atoms with Crippen molar-refractivity contribution in [2.75, 3.05) is 52.9 Å². The van der Waals surface area contributed by atoms with Crippen LogP contribution in [0, 0.1) is 6.92 Å². The average molecular weight is 410 g/mol. The third-order valence-electron chi connectivity index (χ3n) is 3.21. The van der Waals surface area contributed by atoms with Crippen molar-refractivity contribution in [3.8, 4) is 0 Å². The first-order valence-corrected chi connectivity index (χ1v) is 10.9. The minimum atomic E-state index is -3.77. The number of hydrogen-bond donors (Lipinski definition) is 0. The van der Waals surface area contributed by atoms with Gasteiger partial charge in [-0.15, -0.1) is 0 Å². The minimum absolute atomic E-state index is 0.0786. The summed E-state index contributed by atoms with van der Waals surface area (Å²) in [5.41, 5.74) is 0.966. The number of phosphoric acid groups is 1. The molecule has 0 spiro atoms. The van der Waals surface area contributed by atoms with Gasteiger partial charge in [-0.05, 0) is 19.1 Å². The number of benzene rings is 1. The maximum absolute atomic E-state index is 11.9. The van der Waals surface area contributed by atoms with E-state index in [4.69, 9.17) is 27.2 Å². The predicted molar refractivity (Wildman–Crippen MR) is 91.4 cm³/mol. The Hall–Kier alpha value is -0.840. The Morgan fingerprint density at radius 1 is 0.923 bits per heavy atom. The summed E-state index contributed by atoms with van der Waals surface area (Å²) < 4.78 is 65.5. The summed E-state index contributed by atoms with van der Waals surface area (Å²) in [6, 6.07) is 6.40. The van der Waals surface area contributed by atoms with Crippen LogP contribution in [0.4, 0.5) is 0 Å². The van der Waals surface area contributed by atoms with Crippen molar-refractivity contribution in [2.24, 2.45) is 0 Å². The molecule has 1 heterocycles. The first-order chi connectivity index (χ1) is 12.4. The number of hydrogen-bond acceptors (Lipinski definition) is 9. The maximum Gasteiger partial charge on any atom is 0.475 e. The lowest BCUT2D eigenvalue weighted by Gasteiger charge is -2.10. The fourth-order valence-corrected chi connectivity index (χ4v) is 3.93. The van der Waals surface area contributed by atoms with Gasteiger partial charge in [-0.1, -0.05) is 17.7 Å². The number of phosphoric ester groups is 1. The minimum Gasteiger partial charge on any atom is -0.377 e. The lowest BCUT2D eigenvalue weighted by Crippen LogP contribution is -2.14. The Labute approximate surface area is 153 Å². The van der Waals surface area contributed by atoms with Crippen LogP contribution in [0.3, 0.4) is 0 Å². The van der Waals surface area contributed by atoms with Gasteiger partial charge in [0, 0.05) is 0 Å². The van der Waals surface area contributed by atoms with Gasteiger partial charge in [0.1, 0.15) is 0 Å². The van der Waals surface area contributed by atoms with Gasteiger partial charge in [0.25, 0.3) is 10.1 Å². The van der Waals surface area contributed by atoms with Gasteiger partial charge in [0.05, 0.1) is 57.8 Å². The summed E-state index contributed by atoms with van der Waals surface area (Å²) in [6.45, 7) is 3.24. The van der Waals surface area contributed by atoms with Crippen molar-refractivity contribution in [1.29, 1.82) is 0 Å². The molecule has 1 aliphatic heterocycles. The molecule has 11 heteroatoms. The van der Waals surface area contributed by atoms with E-state index in [-0.39, 0.29) is 57.8 Å². The van der Waals surface area contributed by atoms with Crippen molar-refractivity contribution in [3.05, 3.63) is 29.8 Å². The summed E-state index contributed by atoms with van der Waals surface area (Å²) in [4.78, 5) is 0.112. The number of ether oxygens (including phenoxy) is 2. The fraction of sp³-hybridized carbons (Fsp3) is 0.600. The molecular formula is C15H23O9PS. The van der Waals surface area contributed by atoms with E-state index in [2.05, 4.69) is 0 Å². The molecule has 148 valence electrons. The molecule has 0 aliphatic carbocycles. The van der Waals surface area contributed by atoms with Crippen LogP contribution in [-0.2, 0) is 41.9 Å². The molecule has 2 rings (SSSR count). The fourth-order valence-electron chi connectivity index (χ4n) is 1.92. The average Bonchev–Trinajstić information content (AvgIpc) is 3.03. The van der Waals surface area contributed by atoms with Crippen LogP contribution >= 0.6 is 7.82 Å². The standard InChI is InChI=1S/C15H23O9PS/c1-14-2-4-15(5-3-14)26(17,18)24-13-9-20-7-6-19-8-10-21-25(16)22-11-12-23-25/h2-5H,6-13H2,1H3. The van der Waals surface area contributed by atoms with Crippen LogP contribution in [0.2, 0.25) is 0 Å². The van der Waals surface area contributed by atoms with E-state index in [9.17, 15) is 13.0 Å². The van der Waals surface area contributed by atoms with Crippen molar-refractivity contribution in [2.45, 2.75) is 11.8 Å². The van der Waals surface area contributed by atoms with Crippen LogP contribution in [0.25, 0.3) is 0 Å². The Bertz CT molecular complexity index is 680. The summed E-state index contributed by atoms with van der Waals surface area (Å²) in [6.07, 6.45) is 0. The summed E-state index contributed by atoms with van der Waals surface area (Å²) in [7, 11) is -7.14. The molecule has 0 atom stereocenters. The van der Waals surface area contributed by atoms with Crippen LogP contribution in [-0.4, -0.2) is 61.3 Å². The molecule has 1 aromatic rings. The van der Waals surface area contributed by atoms with E-state index in [0.29, 0.717) is 0 Å². The van der Waals surface area contributed by atoms with Crippen LogP contribution in [0.1, 0.15) is 5.56 Å².